The average Bonchev–Trinajstić information content (AvgIpc) is 2.47. The number of benzene rings is 2. The van der Waals surface area contributed by atoms with Crippen LogP contribution in [0.25, 0.3) is 0 Å². The molecule has 0 aliphatic carbocycles. The van der Waals surface area contributed by atoms with E-state index in [1.54, 1.807) is 0 Å². The van der Waals surface area contributed by atoms with Crippen LogP contribution in [0.2, 0.25) is 0 Å². The molecule has 0 radical (unpaired) electrons. The molecule has 0 amide bonds. The average molecular weight is 362 g/mol. The summed E-state index contributed by atoms with van der Waals surface area (Å²) < 4.78 is 0.934. The molecule has 1 heterocycles. The van der Waals surface area contributed by atoms with Crippen molar-refractivity contribution in [3.05, 3.63) is 52.5 Å². The summed E-state index contributed by atoms with van der Waals surface area (Å²) in [6, 6.07) is 14.5. The Balaban J connectivity index is 2.17. The Morgan fingerprint density at radius 1 is 1.05 bits per heavy atom. The van der Waals surface area contributed by atoms with Crippen molar-refractivity contribution < 1.29 is 0 Å². The molecule has 3 nitrogen and oxygen atoms in total. The number of hydrogen-bond acceptors (Lipinski definition) is 3. The maximum Gasteiger partial charge on any atom is 0.107 e. The molecule has 0 aromatic heterocycles. The van der Waals surface area contributed by atoms with Crippen LogP contribution in [0, 0.1) is 0 Å². The van der Waals surface area contributed by atoms with Gasteiger partial charge in [-0.2, -0.15) is 0 Å². The molecule has 3 rings (SSSR count). The second kappa shape index (κ2) is 5.66. The van der Waals surface area contributed by atoms with Crippen LogP contribution < -0.4 is 15.5 Å². The molecule has 0 fully saturated rings. The molecule has 1 aliphatic heterocycles. The van der Waals surface area contributed by atoms with E-state index in [4.69, 9.17) is 18.0 Å². The van der Waals surface area contributed by atoms with E-state index in [0.717, 1.165) is 28.8 Å². The highest BCUT2D eigenvalue weighted by Crippen LogP contribution is 2.39. The second-order valence-corrected chi connectivity index (χ2v) is 6.35. The van der Waals surface area contributed by atoms with Crippen molar-refractivity contribution >= 4 is 50.2 Å². The van der Waals surface area contributed by atoms with Gasteiger partial charge in [-0.25, -0.2) is 0 Å². The molecular formula is C16H16BrN3S. The zero-order chi connectivity index (χ0) is 15.0. The monoisotopic (exact) mass is 361 g/mol. The summed E-state index contributed by atoms with van der Waals surface area (Å²) in [7, 11) is 2.12. The van der Waals surface area contributed by atoms with Gasteiger partial charge in [0.2, 0.25) is 0 Å². The third-order valence-electron chi connectivity index (χ3n) is 3.77. The maximum atomic E-state index is 5.93. The topological polar surface area (TPSA) is 32.5 Å². The van der Waals surface area contributed by atoms with Gasteiger partial charge in [-0.3, -0.25) is 0 Å². The van der Waals surface area contributed by atoms with Crippen LogP contribution in [0.15, 0.2) is 46.9 Å². The SMILES string of the molecule is CN1CCN(c2cccc(Br)c2C(N)=S)c2ccccc21. The van der Waals surface area contributed by atoms with E-state index in [1.165, 1.54) is 11.4 Å². The van der Waals surface area contributed by atoms with Gasteiger partial charge in [-0.1, -0.05) is 30.4 Å². The molecule has 2 aromatic rings. The van der Waals surface area contributed by atoms with Crippen molar-refractivity contribution in [1.82, 2.24) is 0 Å². The van der Waals surface area contributed by atoms with Gasteiger partial charge in [-0.05, 0) is 40.2 Å². The largest absolute Gasteiger partial charge is 0.389 e. The van der Waals surface area contributed by atoms with E-state index >= 15 is 0 Å². The highest BCUT2D eigenvalue weighted by atomic mass is 79.9. The minimum Gasteiger partial charge on any atom is -0.389 e. The van der Waals surface area contributed by atoms with Crippen molar-refractivity contribution in [3.63, 3.8) is 0 Å². The van der Waals surface area contributed by atoms with Crippen LogP contribution in [0.4, 0.5) is 17.1 Å². The summed E-state index contributed by atoms with van der Waals surface area (Å²) in [5.41, 5.74) is 10.3. The number of halogens is 1. The smallest absolute Gasteiger partial charge is 0.107 e. The first-order chi connectivity index (χ1) is 10.1. The number of thiocarbonyl (C=S) groups is 1. The fraction of sp³-hybridized carbons (Fsp3) is 0.188. The highest BCUT2D eigenvalue weighted by Gasteiger charge is 2.24. The fourth-order valence-corrected chi connectivity index (χ4v) is 3.65. The molecule has 0 bridgehead atoms. The molecule has 0 spiro atoms. The molecule has 108 valence electrons. The summed E-state index contributed by atoms with van der Waals surface area (Å²) in [5.74, 6) is 0. The lowest BCUT2D eigenvalue weighted by Crippen LogP contribution is -2.37. The quantitative estimate of drug-likeness (QED) is 0.827. The summed E-state index contributed by atoms with van der Waals surface area (Å²) in [6.07, 6.45) is 0. The number of fused-ring (bicyclic) bond motifs is 1. The lowest BCUT2D eigenvalue weighted by molar-refractivity contribution is 0.821. The van der Waals surface area contributed by atoms with Gasteiger partial charge in [0.25, 0.3) is 0 Å². The van der Waals surface area contributed by atoms with E-state index < -0.39 is 0 Å². The zero-order valence-corrected chi connectivity index (χ0v) is 14.1. The van der Waals surface area contributed by atoms with E-state index in [2.05, 4.69) is 63.1 Å². The molecule has 2 aromatic carbocycles. The Morgan fingerprint density at radius 2 is 1.71 bits per heavy atom. The van der Waals surface area contributed by atoms with Gasteiger partial charge >= 0.3 is 0 Å². The predicted molar refractivity (Wildman–Crippen MR) is 96.7 cm³/mol. The molecule has 0 saturated heterocycles. The van der Waals surface area contributed by atoms with Crippen LogP contribution >= 0.6 is 28.1 Å². The van der Waals surface area contributed by atoms with Gasteiger partial charge in [-0.15, -0.1) is 0 Å². The second-order valence-electron chi connectivity index (χ2n) is 5.06. The third kappa shape index (κ3) is 2.51. The van der Waals surface area contributed by atoms with Gasteiger partial charge in [0.15, 0.2) is 0 Å². The van der Waals surface area contributed by atoms with Crippen molar-refractivity contribution in [2.75, 3.05) is 29.9 Å². The van der Waals surface area contributed by atoms with Crippen molar-refractivity contribution in [3.8, 4) is 0 Å². The number of nitrogens with zero attached hydrogens (tertiary/aromatic N) is 2. The lowest BCUT2D eigenvalue weighted by atomic mass is 10.1. The molecular weight excluding hydrogens is 346 g/mol. The summed E-state index contributed by atoms with van der Waals surface area (Å²) in [6.45, 7) is 1.86. The van der Waals surface area contributed by atoms with Crippen molar-refractivity contribution in [2.45, 2.75) is 0 Å². The Kier molecular flexibility index (Phi) is 3.87. The van der Waals surface area contributed by atoms with Crippen LogP contribution in [0.5, 0.6) is 0 Å². The van der Waals surface area contributed by atoms with Crippen molar-refractivity contribution in [2.24, 2.45) is 5.73 Å². The zero-order valence-electron chi connectivity index (χ0n) is 11.7. The van der Waals surface area contributed by atoms with Gasteiger partial charge in [0.05, 0.1) is 17.1 Å². The van der Waals surface area contributed by atoms with Crippen LogP contribution in [-0.2, 0) is 0 Å². The minimum absolute atomic E-state index is 0.411. The van der Waals surface area contributed by atoms with Gasteiger partial charge in [0.1, 0.15) is 4.99 Å². The van der Waals surface area contributed by atoms with E-state index in [9.17, 15) is 0 Å². The summed E-state index contributed by atoms with van der Waals surface area (Å²) in [4.78, 5) is 4.97. The number of hydrogen-bond donors (Lipinski definition) is 1. The van der Waals surface area contributed by atoms with Crippen LogP contribution in [0.1, 0.15) is 5.56 Å². The Bertz CT molecular complexity index is 702. The third-order valence-corrected chi connectivity index (χ3v) is 4.64. The number of rotatable bonds is 2. The number of nitrogens with two attached hydrogens (primary N) is 1. The Morgan fingerprint density at radius 3 is 2.43 bits per heavy atom. The number of anilines is 3. The lowest BCUT2D eigenvalue weighted by Gasteiger charge is -2.37. The minimum atomic E-state index is 0.411. The normalized spacial score (nSPS) is 14.0. The number of likely N-dealkylation sites (N-methyl/N-ethyl adjacent to an activating group) is 1. The number of para-hydroxylation sites is 2. The van der Waals surface area contributed by atoms with Gasteiger partial charge in [0, 0.05) is 30.2 Å². The van der Waals surface area contributed by atoms with E-state index in [0.29, 0.717) is 4.99 Å². The van der Waals surface area contributed by atoms with Crippen molar-refractivity contribution in [1.29, 1.82) is 0 Å². The Labute approximate surface area is 138 Å². The Hall–Kier alpha value is -1.59. The molecule has 1 aliphatic rings. The van der Waals surface area contributed by atoms with E-state index in [-0.39, 0.29) is 0 Å². The van der Waals surface area contributed by atoms with Gasteiger partial charge < -0.3 is 15.5 Å². The molecule has 5 heteroatoms. The highest BCUT2D eigenvalue weighted by molar-refractivity contribution is 9.10. The predicted octanol–water partition coefficient (Wildman–Crippen LogP) is 3.67. The first kappa shape index (κ1) is 14.4. The first-order valence-electron chi connectivity index (χ1n) is 6.75. The molecule has 2 N–H and O–H groups in total. The fourth-order valence-electron chi connectivity index (χ4n) is 2.74. The molecule has 0 unspecified atom stereocenters. The summed E-state index contributed by atoms with van der Waals surface area (Å²) in [5, 5.41) is 0. The standard InChI is InChI=1S/C16H16BrN3S/c1-19-9-10-20(13-7-3-2-6-12(13)19)14-8-4-5-11(17)15(14)16(18)21/h2-8H,9-10H2,1H3,(H2,18,21). The molecule has 0 atom stereocenters. The van der Waals surface area contributed by atoms with E-state index in [1.807, 2.05) is 12.1 Å². The molecule has 0 saturated carbocycles. The van der Waals surface area contributed by atoms with Crippen LogP contribution in [-0.4, -0.2) is 25.1 Å². The summed E-state index contributed by atoms with van der Waals surface area (Å²) >= 11 is 8.80. The molecule has 21 heavy (non-hydrogen) atoms. The first-order valence-corrected chi connectivity index (χ1v) is 7.95. The maximum absolute atomic E-state index is 5.93. The van der Waals surface area contributed by atoms with Crippen LogP contribution in [0.3, 0.4) is 0 Å².